The Balaban J connectivity index is 2.45. The Labute approximate surface area is 109 Å². The molecule has 1 N–H and O–H groups in total. The van der Waals surface area contributed by atoms with Crippen LogP contribution >= 0.6 is 0 Å². The van der Waals surface area contributed by atoms with E-state index in [-0.39, 0.29) is 6.42 Å². The van der Waals surface area contributed by atoms with Gasteiger partial charge in [-0.05, 0) is 37.0 Å². The molecule has 0 aromatic heterocycles. The van der Waals surface area contributed by atoms with Crippen molar-refractivity contribution in [1.29, 1.82) is 0 Å². The SMILES string of the molecule is COC(=O)[C@@H](O)CCCc1ccc(C(F)(F)F)cc1. The molecule has 0 spiro atoms. The van der Waals surface area contributed by atoms with Crippen LogP contribution in [0.2, 0.25) is 0 Å². The molecule has 0 aliphatic rings. The molecule has 1 aromatic carbocycles. The molecule has 1 atom stereocenters. The molecule has 19 heavy (non-hydrogen) atoms. The van der Waals surface area contributed by atoms with Crippen LogP contribution in [0, 0.1) is 0 Å². The summed E-state index contributed by atoms with van der Waals surface area (Å²) in [5.74, 6) is -0.701. The Morgan fingerprint density at radius 2 is 1.89 bits per heavy atom. The molecule has 3 nitrogen and oxygen atoms in total. The zero-order valence-corrected chi connectivity index (χ0v) is 10.4. The number of methoxy groups -OCH3 is 1. The van der Waals surface area contributed by atoms with E-state index in [0.717, 1.165) is 17.7 Å². The standard InChI is InChI=1S/C13H15F3O3/c1-19-12(18)11(17)4-2-3-9-5-7-10(8-6-9)13(14,15)16/h5-8,11,17H,2-4H2,1H3/t11-/m0/s1. The summed E-state index contributed by atoms with van der Waals surface area (Å²) >= 11 is 0. The fourth-order valence-corrected chi connectivity index (χ4v) is 1.61. The van der Waals surface area contributed by atoms with Gasteiger partial charge >= 0.3 is 12.1 Å². The molecule has 0 fully saturated rings. The average Bonchev–Trinajstić information content (AvgIpc) is 2.37. The minimum Gasteiger partial charge on any atom is -0.467 e. The summed E-state index contributed by atoms with van der Waals surface area (Å²) in [5.41, 5.74) is 0.0379. The maximum absolute atomic E-state index is 12.3. The largest absolute Gasteiger partial charge is 0.467 e. The molecular weight excluding hydrogens is 261 g/mol. The summed E-state index contributed by atoms with van der Waals surface area (Å²) in [4.78, 5) is 10.9. The van der Waals surface area contributed by atoms with Gasteiger partial charge in [0.15, 0.2) is 6.10 Å². The number of aryl methyl sites for hydroxylation is 1. The molecule has 1 aromatic rings. The lowest BCUT2D eigenvalue weighted by Gasteiger charge is -2.09. The van der Waals surface area contributed by atoms with Gasteiger partial charge in [-0.25, -0.2) is 4.79 Å². The summed E-state index contributed by atoms with van der Waals surface area (Å²) < 4.78 is 41.3. The maximum Gasteiger partial charge on any atom is 0.416 e. The molecule has 0 heterocycles. The van der Waals surface area contributed by atoms with Gasteiger partial charge in [-0.1, -0.05) is 12.1 Å². The van der Waals surface area contributed by atoms with E-state index in [1.165, 1.54) is 19.2 Å². The molecule has 0 radical (unpaired) electrons. The van der Waals surface area contributed by atoms with Crippen LogP contribution < -0.4 is 0 Å². The van der Waals surface area contributed by atoms with Crippen LogP contribution in [-0.2, 0) is 22.1 Å². The fourth-order valence-electron chi connectivity index (χ4n) is 1.61. The van der Waals surface area contributed by atoms with Crippen molar-refractivity contribution < 1.29 is 27.8 Å². The molecule has 6 heteroatoms. The van der Waals surface area contributed by atoms with Gasteiger partial charge in [0.25, 0.3) is 0 Å². The lowest BCUT2D eigenvalue weighted by Crippen LogP contribution is -2.21. The third-order valence-electron chi connectivity index (χ3n) is 2.70. The molecule has 0 amide bonds. The van der Waals surface area contributed by atoms with Crippen LogP contribution in [-0.4, -0.2) is 24.3 Å². The highest BCUT2D eigenvalue weighted by molar-refractivity contribution is 5.74. The zero-order chi connectivity index (χ0) is 14.5. The summed E-state index contributed by atoms with van der Waals surface area (Å²) in [5, 5.41) is 9.32. The smallest absolute Gasteiger partial charge is 0.416 e. The molecule has 0 saturated carbocycles. The number of ether oxygens (including phenoxy) is 1. The van der Waals surface area contributed by atoms with Crippen LogP contribution in [0.4, 0.5) is 13.2 Å². The average molecular weight is 276 g/mol. The van der Waals surface area contributed by atoms with Gasteiger partial charge in [-0.15, -0.1) is 0 Å². The molecule has 106 valence electrons. The second-order valence-corrected chi connectivity index (χ2v) is 4.13. The topological polar surface area (TPSA) is 46.5 Å². The zero-order valence-electron chi connectivity index (χ0n) is 10.4. The minimum absolute atomic E-state index is 0.216. The number of esters is 1. The van der Waals surface area contributed by atoms with E-state index in [1.807, 2.05) is 0 Å². The number of hydrogen-bond acceptors (Lipinski definition) is 3. The number of hydrogen-bond donors (Lipinski definition) is 1. The second-order valence-electron chi connectivity index (χ2n) is 4.13. The third-order valence-corrected chi connectivity index (χ3v) is 2.70. The van der Waals surface area contributed by atoms with Crippen molar-refractivity contribution in [2.75, 3.05) is 7.11 Å². The van der Waals surface area contributed by atoms with Crippen LogP contribution in [0.3, 0.4) is 0 Å². The Kier molecular flexibility index (Phi) is 5.35. The molecule has 0 aliphatic heterocycles. The first-order chi connectivity index (χ1) is 8.84. The maximum atomic E-state index is 12.3. The van der Waals surface area contributed by atoms with Crippen molar-refractivity contribution in [2.24, 2.45) is 0 Å². The van der Waals surface area contributed by atoms with Gasteiger partial charge in [-0.2, -0.15) is 13.2 Å². The Hall–Kier alpha value is -1.56. The van der Waals surface area contributed by atoms with Crippen molar-refractivity contribution in [3.8, 4) is 0 Å². The third kappa shape index (κ3) is 4.90. The summed E-state index contributed by atoms with van der Waals surface area (Å²) in [6, 6.07) is 4.83. The molecule has 0 aliphatic carbocycles. The first-order valence-corrected chi connectivity index (χ1v) is 5.76. The number of aliphatic hydroxyl groups excluding tert-OH is 1. The van der Waals surface area contributed by atoms with E-state index in [1.54, 1.807) is 0 Å². The Bertz CT molecular complexity index is 412. The van der Waals surface area contributed by atoms with Gasteiger partial charge in [0, 0.05) is 0 Å². The predicted octanol–water partition coefficient (Wildman–Crippen LogP) is 2.56. The van der Waals surface area contributed by atoms with Crippen molar-refractivity contribution in [1.82, 2.24) is 0 Å². The summed E-state index contributed by atoms with van der Waals surface area (Å²) in [6.45, 7) is 0. The number of benzene rings is 1. The number of carbonyl (C=O) groups is 1. The number of halogens is 3. The van der Waals surface area contributed by atoms with E-state index in [9.17, 15) is 23.1 Å². The van der Waals surface area contributed by atoms with E-state index in [0.29, 0.717) is 12.8 Å². The van der Waals surface area contributed by atoms with Crippen molar-refractivity contribution >= 4 is 5.97 Å². The Morgan fingerprint density at radius 3 is 2.37 bits per heavy atom. The number of alkyl halides is 3. The van der Waals surface area contributed by atoms with Crippen LogP contribution in [0.25, 0.3) is 0 Å². The predicted molar refractivity (Wildman–Crippen MR) is 62.4 cm³/mol. The fraction of sp³-hybridized carbons (Fsp3) is 0.462. The number of aliphatic hydroxyl groups is 1. The van der Waals surface area contributed by atoms with Crippen molar-refractivity contribution in [3.05, 3.63) is 35.4 Å². The molecule has 1 rings (SSSR count). The van der Waals surface area contributed by atoms with Gasteiger partial charge in [-0.3, -0.25) is 0 Å². The number of carbonyl (C=O) groups excluding carboxylic acids is 1. The first kappa shape index (κ1) is 15.5. The monoisotopic (exact) mass is 276 g/mol. The Morgan fingerprint density at radius 1 is 1.32 bits per heavy atom. The normalized spacial score (nSPS) is 13.1. The lowest BCUT2D eigenvalue weighted by molar-refractivity contribution is -0.150. The van der Waals surface area contributed by atoms with Crippen molar-refractivity contribution in [2.45, 2.75) is 31.5 Å². The van der Waals surface area contributed by atoms with Crippen LogP contribution in [0.5, 0.6) is 0 Å². The van der Waals surface area contributed by atoms with E-state index in [2.05, 4.69) is 4.74 Å². The van der Waals surface area contributed by atoms with Gasteiger partial charge < -0.3 is 9.84 Å². The van der Waals surface area contributed by atoms with E-state index < -0.39 is 23.8 Å². The second kappa shape index (κ2) is 6.56. The molecule has 0 unspecified atom stereocenters. The van der Waals surface area contributed by atoms with Gasteiger partial charge in [0.1, 0.15) is 0 Å². The van der Waals surface area contributed by atoms with Crippen molar-refractivity contribution in [3.63, 3.8) is 0 Å². The highest BCUT2D eigenvalue weighted by Gasteiger charge is 2.29. The molecular formula is C13H15F3O3. The van der Waals surface area contributed by atoms with Gasteiger partial charge in [0.2, 0.25) is 0 Å². The minimum atomic E-state index is -4.33. The summed E-state index contributed by atoms with van der Waals surface area (Å²) in [7, 11) is 1.18. The molecule has 0 saturated heterocycles. The van der Waals surface area contributed by atoms with Crippen LogP contribution in [0.15, 0.2) is 24.3 Å². The highest BCUT2D eigenvalue weighted by atomic mass is 19.4. The summed E-state index contributed by atoms with van der Waals surface area (Å²) in [6.07, 6.45) is -4.32. The van der Waals surface area contributed by atoms with Gasteiger partial charge in [0.05, 0.1) is 12.7 Å². The first-order valence-electron chi connectivity index (χ1n) is 5.76. The number of rotatable bonds is 5. The quantitative estimate of drug-likeness (QED) is 0.841. The van der Waals surface area contributed by atoms with E-state index in [4.69, 9.17) is 0 Å². The highest BCUT2D eigenvalue weighted by Crippen LogP contribution is 2.29. The lowest BCUT2D eigenvalue weighted by atomic mass is 10.0. The van der Waals surface area contributed by atoms with E-state index >= 15 is 0 Å². The van der Waals surface area contributed by atoms with Crippen LogP contribution in [0.1, 0.15) is 24.0 Å². The molecule has 0 bridgehead atoms.